The van der Waals surface area contributed by atoms with Crippen molar-refractivity contribution in [1.82, 2.24) is 25.0 Å². The number of fused-ring (bicyclic) bond motifs is 1. The van der Waals surface area contributed by atoms with Crippen LogP contribution in [-0.2, 0) is 11.3 Å². The summed E-state index contributed by atoms with van der Waals surface area (Å²) in [6, 6.07) is 8.78. The van der Waals surface area contributed by atoms with Crippen LogP contribution in [0.1, 0.15) is 37.3 Å². The van der Waals surface area contributed by atoms with Gasteiger partial charge in [-0.25, -0.2) is 0 Å². The molecule has 1 N–H and O–H groups in total. The first-order valence-electron chi connectivity index (χ1n) is 9.34. The Balaban J connectivity index is 1.26. The number of hydrogen-bond donors (Lipinski definition) is 1. The van der Waals surface area contributed by atoms with Crippen LogP contribution in [0.25, 0.3) is 0 Å². The van der Waals surface area contributed by atoms with Crippen molar-refractivity contribution in [3.63, 3.8) is 0 Å². The molecule has 1 aliphatic carbocycles. The second-order valence-corrected chi connectivity index (χ2v) is 7.15. The zero-order chi connectivity index (χ0) is 17.8. The van der Waals surface area contributed by atoms with Gasteiger partial charge in [0.05, 0.1) is 6.54 Å². The summed E-state index contributed by atoms with van der Waals surface area (Å²) in [5, 5.41) is 11.0. The molecule has 0 bridgehead atoms. The molecule has 1 aliphatic heterocycles. The first kappa shape index (κ1) is 17.0. The zero-order valence-corrected chi connectivity index (χ0v) is 14.9. The predicted molar refractivity (Wildman–Crippen MR) is 96.7 cm³/mol. The van der Waals surface area contributed by atoms with Crippen LogP contribution in [0.5, 0.6) is 5.75 Å². The molecule has 0 atom stereocenters. The fraction of sp³-hybridized carbons (Fsp3) is 0.526. The summed E-state index contributed by atoms with van der Waals surface area (Å²) in [6.45, 7) is 2.56. The highest BCUT2D eigenvalue weighted by Gasteiger charge is 2.24. The average Bonchev–Trinajstić information content (AvgIpc) is 3.10. The molecule has 0 spiro atoms. The van der Waals surface area contributed by atoms with E-state index in [4.69, 9.17) is 4.74 Å². The molecule has 0 saturated heterocycles. The van der Waals surface area contributed by atoms with Gasteiger partial charge in [0.1, 0.15) is 25.0 Å². The SMILES string of the molecule is O=C(CN1CCOc2ccccc2C1)NC1CCC(n2cnnc2)CC1. The fourth-order valence-corrected chi connectivity index (χ4v) is 3.91. The summed E-state index contributed by atoms with van der Waals surface area (Å²) >= 11 is 0. The fourth-order valence-electron chi connectivity index (χ4n) is 3.91. The highest BCUT2D eigenvalue weighted by atomic mass is 16.5. The lowest BCUT2D eigenvalue weighted by Crippen LogP contribution is -2.43. The molecule has 2 aromatic rings. The van der Waals surface area contributed by atoms with E-state index in [1.165, 1.54) is 0 Å². The van der Waals surface area contributed by atoms with Crippen LogP contribution >= 0.6 is 0 Å². The largest absolute Gasteiger partial charge is 0.492 e. The average molecular weight is 355 g/mol. The maximum Gasteiger partial charge on any atom is 0.234 e. The minimum absolute atomic E-state index is 0.108. The Morgan fingerprint density at radius 3 is 2.73 bits per heavy atom. The van der Waals surface area contributed by atoms with Crippen molar-refractivity contribution in [2.45, 2.75) is 44.3 Å². The van der Waals surface area contributed by atoms with Crippen LogP contribution in [-0.4, -0.2) is 51.3 Å². The van der Waals surface area contributed by atoms with Gasteiger partial charge in [0.15, 0.2) is 0 Å². The number of hydrogen-bond acceptors (Lipinski definition) is 5. The lowest BCUT2D eigenvalue weighted by molar-refractivity contribution is -0.123. The van der Waals surface area contributed by atoms with Crippen molar-refractivity contribution in [3.05, 3.63) is 42.5 Å². The van der Waals surface area contributed by atoms with Crippen LogP contribution in [0.15, 0.2) is 36.9 Å². The van der Waals surface area contributed by atoms with Gasteiger partial charge in [-0.05, 0) is 31.7 Å². The summed E-state index contributed by atoms with van der Waals surface area (Å²) in [5.74, 6) is 1.04. The third-order valence-electron chi connectivity index (χ3n) is 5.32. The number of nitrogens with zero attached hydrogens (tertiary/aromatic N) is 4. The third-order valence-corrected chi connectivity index (χ3v) is 5.32. The van der Waals surface area contributed by atoms with Crippen LogP contribution in [0.2, 0.25) is 0 Å². The Morgan fingerprint density at radius 2 is 1.92 bits per heavy atom. The van der Waals surface area contributed by atoms with Gasteiger partial charge >= 0.3 is 0 Å². The summed E-state index contributed by atoms with van der Waals surface area (Å²) < 4.78 is 7.85. The number of para-hydroxylation sites is 1. The van der Waals surface area contributed by atoms with Gasteiger partial charge in [0, 0.05) is 30.7 Å². The van der Waals surface area contributed by atoms with Crippen molar-refractivity contribution >= 4 is 5.91 Å². The van der Waals surface area contributed by atoms with Crippen LogP contribution in [0.4, 0.5) is 0 Å². The van der Waals surface area contributed by atoms with E-state index < -0.39 is 0 Å². The Kier molecular flexibility index (Phi) is 5.15. The van der Waals surface area contributed by atoms with Crippen molar-refractivity contribution in [3.8, 4) is 5.75 Å². The molecule has 7 heteroatoms. The highest BCUT2D eigenvalue weighted by Crippen LogP contribution is 2.28. The smallest absolute Gasteiger partial charge is 0.234 e. The summed E-state index contributed by atoms with van der Waals surface area (Å²) in [6.07, 6.45) is 7.66. The molecule has 1 aromatic carbocycles. The Morgan fingerprint density at radius 1 is 1.15 bits per heavy atom. The molecule has 2 aliphatic rings. The maximum atomic E-state index is 12.5. The number of ether oxygens (including phenoxy) is 1. The predicted octanol–water partition coefficient (Wildman–Crippen LogP) is 1.77. The standard InChI is InChI=1S/C19H25N5O2/c25-19(12-23-9-10-26-18-4-2-1-3-15(18)11-23)22-16-5-7-17(8-6-16)24-13-20-21-14-24/h1-4,13-14,16-17H,5-12H2,(H,22,25). The van der Waals surface area contributed by atoms with Gasteiger partial charge in [-0.3, -0.25) is 9.69 Å². The number of amides is 1. The van der Waals surface area contributed by atoms with Crippen molar-refractivity contribution in [2.24, 2.45) is 0 Å². The minimum atomic E-state index is 0.108. The second kappa shape index (κ2) is 7.86. The van der Waals surface area contributed by atoms with Gasteiger partial charge in [-0.15, -0.1) is 10.2 Å². The molecule has 1 aromatic heterocycles. The minimum Gasteiger partial charge on any atom is -0.492 e. The van der Waals surface area contributed by atoms with E-state index in [1.54, 1.807) is 12.7 Å². The first-order chi connectivity index (χ1) is 12.8. The molecule has 1 saturated carbocycles. The Labute approximate surface area is 153 Å². The lowest BCUT2D eigenvalue weighted by atomic mass is 9.91. The van der Waals surface area contributed by atoms with Gasteiger partial charge in [0.2, 0.25) is 5.91 Å². The van der Waals surface area contributed by atoms with Crippen molar-refractivity contribution < 1.29 is 9.53 Å². The molecule has 138 valence electrons. The first-order valence-corrected chi connectivity index (χ1v) is 9.34. The molecule has 1 fully saturated rings. The monoisotopic (exact) mass is 355 g/mol. The Bertz CT molecular complexity index is 725. The summed E-state index contributed by atoms with van der Waals surface area (Å²) in [5.41, 5.74) is 1.15. The van der Waals surface area contributed by atoms with Gasteiger partial charge < -0.3 is 14.6 Å². The van der Waals surface area contributed by atoms with E-state index in [-0.39, 0.29) is 11.9 Å². The lowest BCUT2D eigenvalue weighted by Gasteiger charge is -2.30. The van der Waals surface area contributed by atoms with E-state index in [2.05, 4.69) is 31.0 Å². The Hall–Kier alpha value is -2.41. The van der Waals surface area contributed by atoms with Crippen LogP contribution in [0.3, 0.4) is 0 Å². The third kappa shape index (κ3) is 4.04. The molecule has 4 rings (SSSR count). The van der Waals surface area contributed by atoms with E-state index >= 15 is 0 Å². The van der Waals surface area contributed by atoms with E-state index in [1.807, 2.05) is 18.2 Å². The summed E-state index contributed by atoms with van der Waals surface area (Å²) in [7, 11) is 0. The molecular weight excluding hydrogens is 330 g/mol. The molecule has 26 heavy (non-hydrogen) atoms. The zero-order valence-electron chi connectivity index (χ0n) is 14.9. The van der Waals surface area contributed by atoms with E-state index in [9.17, 15) is 4.79 Å². The number of carbonyl (C=O) groups excluding carboxylic acids is 1. The molecule has 2 heterocycles. The maximum absolute atomic E-state index is 12.5. The van der Waals surface area contributed by atoms with Crippen molar-refractivity contribution in [2.75, 3.05) is 19.7 Å². The molecule has 1 amide bonds. The van der Waals surface area contributed by atoms with E-state index in [0.717, 1.165) is 50.1 Å². The highest BCUT2D eigenvalue weighted by molar-refractivity contribution is 5.78. The molecule has 0 unspecified atom stereocenters. The number of rotatable bonds is 4. The number of aromatic nitrogens is 3. The quantitative estimate of drug-likeness (QED) is 0.905. The number of nitrogens with one attached hydrogen (secondary N) is 1. The topological polar surface area (TPSA) is 72.3 Å². The van der Waals surface area contributed by atoms with Gasteiger partial charge in [-0.1, -0.05) is 18.2 Å². The molecule has 0 radical (unpaired) electrons. The van der Waals surface area contributed by atoms with Crippen LogP contribution in [0, 0.1) is 0 Å². The molecule has 7 nitrogen and oxygen atoms in total. The number of carbonyl (C=O) groups is 1. The second-order valence-electron chi connectivity index (χ2n) is 7.15. The molecular formula is C19H25N5O2. The van der Waals surface area contributed by atoms with Gasteiger partial charge in [0.25, 0.3) is 0 Å². The number of benzene rings is 1. The van der Waals surface area contributed by atoms with E-state index in [0.29, 0.717) is 19.2 Å². The van der Waals surface area contributed by atoms with Gasteiger partial charge in [-0.2, -0.15) is 0 Å². The van der Waals surface area contributed by atoms with Crippen molar-refractivity contribution in [1.29, 1.82) is 0 Å². The summed E-state index contributed by atoms with van der Waals surface area (Å²) in [4.78, 5) is 14.7. The van der Waals surface area contributed by atoms with Crippen LogP contribution < -0.4 is 10.1 Å². The normalized spacial score (nSPS) is 23.5.